The van der Waals surface area contributed by atoms with Gasteiger partial charge < -0.3 is 19.1 Å². The Balaban J connectivity index is 1.82. The number of carbonyl (C=O) groups is 1. The molecule has 2 aromatic heterocycles. The second-order valence-electron chi connectivity index (χ2n) is 7.05. The van der Waals surface area contributed by atoms with Crippen LogP contribution >= 0.6 is 0 Å². The zero-order valence-electron chi connectivity index (χ0n) is 15.5. The van der Waals surface area contributed by atoms with Crippen LogP contribution in [-0.2, 0) is 33.8 Å². The molecule has 0 spiro atoms. The third kappa shape index (κ3) is 2.16. The molecule has 1 aromatic carbocycles. The third-order valence-corrected chi connectivity index (χ3v) is 5.63. The van der Waals surface area contributed by atoms with Gasteiger partial charge in [0, 0.05) is 23.6 Å². The molecule has 2 aliphatic rings. The minimum Gasteiger partial charge on any atom is -0.508 e. The van der Waals surface area contributed by atoms with Crippen molar-refractivity contribution in [3.8, 4) is 17.1 Å². The highest BCUT2D eigenvalue weighted by atomic mass is 16.6. The van der Waals surface area contributed by atoms with Gasteiger partial charge in [-0.15, -0.1) is 0 Å². The first kappa shape index (κ1) is 16.9. The molecular weight excluding hydrogens is 360 g/mol. The number of carbonyl (C=O) groups excluding carboxylic acids is 1. The Hall–Kier alpha value is -3.19. The van der Waals surface area contributed by atoms with E-state index in [-0.39, 0.29) is 17.9 Å². The van der Waals surface area contributed by atoms with Gasteiger partial charge in [0.25, 0.3) is 5.56 Å². The number of fused-ring (bicyclic) bond motifs is 5. The molecule has 7 nitrogen and oxygen atoms in total. The Morgan fingerprint density at radius 2 is 2.11 bits per heavy atom. The standard InChI is InChI=1S/C21H18N2O5/c1-3-11-12-6-10(24)4-5-16(12)22-18-14(11)8-23-17(18)7-13-15(20(23)25)9-28-21(26)19(13)27-2/h4-7,19,24H,3,8-9H2,1-2H3/t19-/m0/s1. The topological polar surface area (TPSA) is 90.7 Å². The summed E-state index contributed by atoms with van der Waals surface area (Å²) in [6, 6.07) is 6.92. The van der Waals surface area contributed by atoms with Crippen LogP contribution in [0, 0.1) is 0 Å². The van der Waals surface area contributed by atoms with Gasteiger partial charge in [-0.25, -0.2) is 9.78 Å². The van der Waals surface area contributed by atoms with Gasteiger partial charge in [0.2, 0.25) is 0 Å². The highest BCUT2D eigenvalue weighted by Crippen LogP contribution is 2.38. The number of esters is 1. The van der Waals surface area contributed by atoms with E-state index in [1.165, 1.54) is 7.11 Å². The molecule has 28 heavy (non-hydrogen) atoms. The quantitative estimate of drug-likeness (QED) is 0.539. The first-order chi connectivity index (χ1) is 13.5. The van der Waals surface area contributed by atoms with E-state index in [9.17, 15) is 14.7 Å². The number of ether oxygens (including phenoxy) is 2. The molecule has 7 heteroatoms. The molecule has 2 aliphatic heterocycles. The van der Waals surface area contributed by atoms with Crippen LogP contribution < -0.4 is 5.56 Å². The maximum Gasteiger partial charge on any atom is 0.340 e. The minimum absolute atomic E-state index is 0.0482. The van der Waals surface area contributed by atoms with Crippen molar-refractivity contribution in [2.75, 3.05) is 7.11 Å². The zero-order valence-corrected chi connectivity index (χ0v) is 15.5. The minimum atomic E-state index is -0.908. The highest BCUT2D eigenvalue weighted by Gasteiger charge is 2.35. The molecule has 0 bridgehead atoms. The van der Waals surface area contributed by atoms with Gasteiger partial charge >= 0.3 is 5.97 Å². The fourth-order valence-corrected chi connectivity index (χ4v) is 4.31. The Labute approximate surface area is 160 Å². The van der Waals surface area contributed by atoms with Gasteiger partial charge in [-0.2, -0.15) is 0 Å². The average molecular weight is 378 g/mol. The van der Waals surface area contributed by atoms with Crippen molar-refractivity contribution < 1.29 is 19.4 Å². The summed E-state index contributed by atoms with van der Waals surface area (Å²) in [6.07, 6.45) is -0.162. The summed E-state index contributed by atoms with van der Waals surface area (Å²) in [6.45, 7) is 2.40. The number of phenols is 1. The van der Waals surface area contributed by atoms with E-state index in [4.69, 9.17) is 14.5 Å². The molecule has 0 radical (unpaired) electrons. The summed E-state index contributed by atoms with van der Waals surface area (Å²) in [7, 11) is 1.42. The average Bonchev–Trinajstić information content (AvgIpc) is 3.05. The van der Waals surface area contributed by atoms with Gasteiger partial charge in [0.1, 0.15) is 12.4 Å². The lowest BCUT2D eigenvalue weighted by Gasteiger charge is -2.24. The van der Waals surface area contributed by atoms with Crippen molar-refractivity contribution >= 4 is 16.9 Å². The highest BCUT2D eigenvalue weighted by molar-refractivity contribution is 5.89. The van der Waals surface area contributed by atoms with Gasteiger partial charge in [-0.3, -0.25) is 4.79 Å². The van der Waals surface area contributed by atoms with Crippen LogP contribution in [0.3, 0.4) is 0 Å². The van der Waals surface area contributed by atoms with Gasteiger partial charge in [0.05, 0.1) is 29.0 Å². The lowest BCUT2D eigenvalue weighted by Crippen LogP contribution is -2.33. The van der Waals surface area contributed by atoms with E-state index in [1.807, 2.05) is 13.0 Å². The number of nitrogens with zero attached hydrogens (tertiary/aromatic N) is 2. The molecule has 1 N–H and O–H groups in total. The number of rotatable bonds is 2. The SMILES string of the molecule is CCc1c2c(nc3ccc(O)cc13)-c1cc3c(c(=O)n1C2)COC(=O)[C@H]3OC. The summed E-state index contributed by atoms with van der Waals surface area (Å²) in [5.74, 6) is -0.306. The number of hydrogen-bond donors (Lipinski definition) is 1. The van der Waals surface area contributed by atoms with E-state index >= 15 is 0 Å². The van der Waals surface area contributed by atoms with Crippen molar-refractivity contribution in [1.29, 1.82) is 0 Å². The Morgan fingerprint density at radius 1 is 1.29 bits per heavy atom. The van der Waals surface area contributed by atoms with Crippen molar-refractivity contribution in [1.82, 2.24) is 9.55 Å². The molecule has 0 saturated carbocycles. The number of pyridine rings is 2. The number of aromatic hydroxyl groups is 1. The van der Waals surface area contributed by atoms with E-state index in [0.29, 0.717) is 23.4 Å². The first-order valence-corrected chi connectivity index (χ1v) is 9.14. The second-order valence-corrected chi connectivity index (χ2v) is 7.05. The maximum absolute atomic E-state index is 13.1. The number of methoxy groups -OCH3 is 1. The molecule has 4 heterocycles. The number of cyclic esters (lactones) is 1. The molecule has 1 atom stereocenters. The molecule has 0 amide bonds. The smallest absolute Gasteiger partial charge is 0.340 e. The lowest BCUT2D eigenvalue weighted by molar-refractivity contribution is -0.159. The summed E-state index contributed by atoms with van der Waals surface area (Å²) in [5.41, 5.74) is 5.03. The zero-order chi connectivity index (χ0) is 19.6. The van der Waals surface area contributed by atoms with Crippen LogP contribution in [0.5, 0.6) is 5.75 Å². The monoisotopic (exact) mass is 378 g/mol. The maximum atomic E-state index is 13.1. The molecule has 3 aromatic rings. The molecule has 0 aliphatic carbocycles. The second kappa shape index (κ2) is 5.90. The lowest BCUT2D eigenvalue weighted by atomic mass is 9.97. The molecule has 0 fully saturated rings. The molecular formula is C21H18N2O5. The molecule has 5 rings (SSSR count). The van der Waals surface area contributed by atoms with Gasteiger partial charge in [-0.05, 0) is 36.2 Å². The fourth-order valence-electron chi connectivity index (χ4n) is 4.31. The molecule has 0 saturated heterocycles. The molecule has 142 valence electrons. The number of hydrogen-bond acceptors (Lipinski definition) is 6. The largest absolute Gasteiger partial charge is 0.508 e. The number of benzene rings is 1. The summed E-state index contributed by atoms with van der Waals surface area (Å²) < 4.78 is 12.1. The van der Waals surface area contributed by atoms with Crippen LogP contribution in [-0.4, -0.2) is 27.7 Å². The molecule has 0 unspecified atom stereocenters. The Bertz CT molecular complexity index is 1230. The first-order valence-electron chi connectivity index (χ1n) is 9.14. The predicted molar refractivity (Wildman–Crippen MR) is 101 cm³/mol. The normalized spacial score (nSPS) is 17.2. The van der Waals surface area contributed by atoms with E-state index in [0.717, 1.165) is 34.1 Å². The van der Waals surface area contributed by atoms with Crippen LogP contribution in [0.25, 0.3) is 22.3 Å². The van der Waals surface area contributed by atoms with Crippen LogP contribution in [0.1, 0.15) is 35.3 Å². The van der Waals surface area contributed by atoms with Crippen molar-refractivity contribution in [2.45, 2.75) is 32.6 Å². The van der Waals surface area contributed by atoms with Crippen LogP contribution in [0.4, 0.5) is 0 Å². The predicted octanol–water partition coefficient (Wildman–Crippen LogP) is 2.44. The number of aromatic nitrogens is 2. The van der Waals surface area contributed by atoms with E-state index in [2.05, 4.69) is 0 Å². The van der Waals surface area contributed by atoms with Crippen LogP contribution in [0.15, 0.2) is 29.1 Å². The number of aryl methyl sites for hydroxylation is 1. The van der Waals surface area contributed by atoms with Gasteiger partial charge in [0.15, 0.2) is 6.10 Å². The van der Waals surface area contributed by atoms with E-state index in [1.54, 1.807) is 22.8 Å². The Morgan fingerprint density at radius 3 is 2.86 bits per heavy atom. The summed E-state index contributed by atoms with van der Waals surface area (Å²) in [5, 5.41) is 10.8. The third-order valence-electron chi connectivity index (χ3n) is 5.63. The van der Waals surface area contributed by atoms with Crippen LogP contribution in [0.2, 0.25) is 0 Å². The summed E-state index contributed by atoms with van der Waals surface area (Å²) in [4.78, 5) is 30.0. The summed E-state index contributed by atoms with van der Waals surface area (Å²) >= 11 is 0. The Kier molecular flexibility index (Phi) is 3.57. The van der Waals surface area contributed by atoms with E-state index < -0.39 is 12.1 Å². The van der Waals surface area contributed by atoms with Gasteiger partial charge in [-0.1, -0.05) is 6.92 Å². The number of phenolic OH excluding ortho intramolecular Hbond substituents is 1. The van der Waals surface area contributed by atoms with Crippen molar-refractivity contribution in [3.05, 3.63) is 56.9 Å². The van der Waals surface area contributed by atoms with Crippen molar-refractivity contribution in [3.63, 3.8) is 0 Å². The fraction of sp³-hybridized carbons (Fsp3) is 0.286. The van der Waals surface area contributed by atoms with Crippen molar-refractivity contribution in [2.24, 2.45) is 0 Å².